The predicted molar refractivity (Wildman–Crippen MR) is 106 cm³/mol. The highest BCUT2D eigenvalue weighted by molar-refractivity contribution is 5.35. The minimum Gasteiger partial charge on any atom is -0.462 e. The van der Waals surface area contributed by atoms with Crippen molar-refractivity contribution in [2.24, 2.45) is 5.92 Å². The summed E-state index contributed by atoms with van der Waals surface area (Å²) < 4.78 is 114. The lowest BCUT2D eigenvalue weighted by Gasteiger charge is -2.29. The lowest BCUT2D eigenvalue weighted by Crippen LogP contribution is -2.27. The number of hydrogen-bond acceptors (Lipinski definition) is 4. The van der Waals surface area contributed by atoms with Gasteiger partial charge in [0.1, 0.15) is 11.6 Å². The van der Waals surface area contributed by atoms with Crippen LogP contribution >= 0.6 is 0 Å². The summed E-state index contributed by atoms with van der Waals surface area (Å²) in [6.07, 6.45) is -7.96. The van der Waals surface area contributed by atoms with Crippen molar-refractivity contribution in [2.75, 3.05) is 13.2 Å². The molecule has 186 valence electrons. The molecular weight excluding hydrogens is 473 g/mol. The van der Waals surface area contributed by atoms with Crippen molar-refractivity contribution in [2.45, 2.75) is 38.3 Å². The Morgan fingerprint density at radius 2 is 1.68 bits per heavy atom. The Hall–Kier alpha value is -2.79. The van der Waals surface area contributed by atoms with Gasteiger partial charge in [0.05, 0.1) is 31.1 Å². The molecule has 1 saturated heterocycles. The summed E-state index contributed by atoms with van der Waals surface area (Å²) in [5.41, 5.74) is -0.892. The molecule has 0 saturated carbocycles. The molecule has 2 aromatic carbocycles. The van der Waals surface area contributed by atoms with E-state index in [1.807, 2.05) is 6.92 Å². The predicted octanol–water partition coefficient (Wildman–Crippen LogP) is 7.01. The van der Waals surface area contributed by atoms with Gasteiger partial charge in [-0.05, 0) is 30.7 Å². The molecule has 1 aliphatic heterocycles. The molecule has 3 rings (SSSR count). The van der Waals surface area contributed by atoms with E-state index in [-0.39, 0.29) is 23.8 Å². The van der Waals surface area contributed by atoms with Gasteiger partial charge in [-0.1, -0.05) is 19.4 Å². The van der Waals surface area contributed by atoms with Crippen molar-refractivity contribution < 1.29 is 49.7 Å². The molecule has 1 aliphatic rings. The van der Waals surface area contributed by atoms with E-state index in [1.165, 1.54) is 6.07 Å². The van der Waals surface area contributed by atoms with Gasteiger partial charge in [-0.3, -0.25) is 0 Å². The van der Waals surface area contributed by atoms with Gasteiger partial charge in [0.25, 0.3) is 0 Å². The largest absolute Gasteiger partial charge is 0.462 e. The Bertz CT molecular complexity index is 999. The lowest BCUT2D eigenvalue weighted by molar-refractivity contribution is -0.206. The van der Waals surface area contributed by atoms with E-state index in [0.717, 1.165) is 37.1 Å². The maximum absolute atomic E-state index is 14.6. The number of halogens is 7. The van der Waals surface area contributed by atoms with Crippen LogP contribution in [0.2, 0.25) is 0 Å². The van der Waals surface area contributed by atoms with E-state index in [4.69, 9.17) is 9.47 Å². The van der Waals surface area contributed by atoms with Gasteiger partial charge >= 0.3 is 12.3 Å². The van der Waals surface area contributed by atoms with Gasteiger partial charge < -0.3 is 18.9 Å². The third kappa shape index (κ3) is 6.86. The van der Waals surface area contributed by atoms with Crippen molar-refractivity contribution in [3.8, 4) is 11.5 Å². The van der Waals surface area contributed by atoms with Crippen LogP contribution in [-0.2, 0) is 15.6 Å². The van der Waals surface area contributed by atoms with Crippen LogP contribution in [0.3, 0.4) is 0 Å². The zero-order chi connectivity index (χ0) is 24.9. The Morgan fingerprint density at radius 3 is 2.26 bits per heavy atom. The Labute approximate surface area is 190 Å². The van der Waals surface area contributed by atoms with Crippen LogP contribution in [0.5, 0.6) is 11.5 Å². The van der Waals surface area contributed by atoms with Gasteiger partial charge in [0.2, 0.25) is 0 Å². The van der Waals surface area contributed by atoms with Crippen molar-refractivity contribution >= 4 is 0 Å². The number of rotatable bonds is 8. The molecule has 0 spiro atoms. The summed E-state index contributed by atoms with van der Waals surface area (Å²) in [6, 6.07) is 4.99. The van der Waals surface area contributed by atoms with E-state index >= 15 is 0 Å². The van der Waals surface area contributed by atoms with Crippen LogP contribution in [0.4, 0.5) is 30.7 Å². The lowest BCUT2D eigenvalue weighted by atomic mass is 10.0. The second kappa shape index (κ2) is 10.6. The third-order valence-electron chi connectivity index (χ3n) is 4.84. The number of allylic oxidation sites excluding steroid dienone is 1. The van der Waals surface area contributed by atoms with E-state index < -0.39 is 47.3 Å². The highest BCUT2D eigenvalue weighted by atomic mass is 19.4. The zero-order valence-electron chi connectivity index (χ0n) is 17.9. The molecule has 11 heteroatoms. The Morgan fingerprint density at radius 1 is 0.971 bits per heavy atom. The molecule has 1 fully saturated rings. The van der Waals surface area contributed by atoms with Crippen molar-refractivity contribution in [3.05, 3.63) is 71.5 Å². The van der Waals surface area contributed by atoms with Crippen LogP contribution in [0.15, 0.2) is 48.7 Å². The van der Waals surface area contributed by atoms with Gasteiger partial charge in [-0.15, -0.1) is 0 Å². The second-order valence-electron chi connectivity index (χ2n) is 7.57. The average Bonchev–Trinajstić information content (AvgIpc) is 2.75. The fourth-order valence-electron chi connectivity index (χ4n) is 3.25. The van der Waals surface area contributed by atoms with Gasteiger partial charge in [-0.25, -0.2) is 8.78 Å². The summed E-state index contributed by atoms with van der Waals surface area (Å²) in [5.74, 6) is -3.69. The van der Waals surface area contributed by atoms with Crippen molar-refractivity contribution in [1.82, 2.24) is 0 Å². The van der Waals surface area contributed by atoms with Crippen LogP contribution in [0.25, 0.3) is 0 Å². The molecule has 0 unspecified atom stereocenters. The molecule has 0 bridgehead atoms. The van der Waals surface area contributed by atoms with Crippen LogP contribution in [0, 0.1) is 17.6 Å². The van der Waals surface area contributed by atoms with Gasteiger partial charge in [0, 0.05) is 17.5 Å². The monoisotopic (exact) mass is 494 g/mol. The molecule has 1 heterocycles. The number of hydrogen-bond donors (Lipinski definition) is 0. The van der Waals surface area contributed by atoms with Crippen molar-refractivity contribution in [3.63, 3.8) is 0 Å². The van der Waals surface area contributed by atoms with Crippen molar-refractivity contribution in [1.29, 1.82) is 0 Å². The highest BCUT2D eigenvalue weighted by Crippen LogP contribution is 2.36. The second-order valence-corrected chi connectivity index (χ2v) is 7.57. The topological polar surface area (TPSA) is 36.9 Å². The normalized spacial score (nSPS) is 19.4. The highest BCUT2D eigenvalue weighted by Gasteiger charge is 2.38. The molecule has 4 nitrogen and oxygen atoms in total. The molecule has 0 aliphatic carbocycles. The molecule has 34 heavy (non-hydrogen) atoms. The van der Waals surface area contributed by atoms with Gasteiger partial charge in [0.15, 0.2) is 17.9 Å². The first-order valence-electron chi connectivity index (χ1n) is 10.3. The smallest absolute Gasteiger partial charge is 0.429 e. The molecular formula is C23H21F7O4. The first-order valence-corrected chi connectivity index (χ1v) is 10.3. The summed E-state index contributed by atoms with van der Waals surface area (Å²) in [6.45, 7) is 2.83. The molecule has 0 N–H and O–H groups in total. The van der Waals surface area contributed by atoms with E-state index in [9.17, 15) is 30.7 Å². The molecule has 0 amide bonds. The Kier molecular flexibility index (Phi) is 8.09. The SMILES string of the molecule is CCCC1COC(c2ccc(C(F)(F)Oc3ccc(O/C=C/C(F)(F)F)c(F)c3)c(F)c2)OC1. The Balaban J connectivity index is 1.68. The third-order valence-corrected chi connectivity index (χ3v) is 4.84. The minimum atomic E-state index is -4.67. The average molecular weight is 494 g/mol. The summed E-state index contributed by atoms with van der Waals surface area (Å²) in [4.78, 5) is 0. The summed E-state index contributed by atoms with van der Waals surface area (Å²) in [7, 11) is 0. The molecule has 2 aromatic rings. The maximum atomic E-state index is 14.6. The maximum Gasteiger partial charge on any atom is 0.429 e. The van der Waals surface area contributed by atoms with E-state index in [1.54, 1.807) is 0 Å². The first-order chi connectivity index (χ1) is 16.0. The first kappa shape index (κ1) is 25.8. The van der Waals surface area contributed by atoms with Crippen LogP contribution < -0.4 is 9.47 Å². The number of benzene rings is 2. The fraction of sp³-hybridized carbons (Fsp3) is 0.391. The van der Waals surface area contributed by atoms with Gasteiger partial charge in [-0.2, -0.15) is 22.0 Å². The van der Waals surface area contributed by atoms with Crippen LogP contribution in [0.1, 0.15) is 37.2 Å². The number of ether oxygens (including phenoxy) is 4. The summed E-state index contributed by atoms with van der Waals surface area (Å²) >= 11 is 0. The number of alkyl halides is 5. The van der Waals surface area contributed by atoms with Crippen LogP contribution in [-0.4, -0.2) is 19.4 Å². The van der Waals surface area contributed by atoms with E-state index in [2.05, 4.69) is 9.47 Å². The molecule has 0 atom stereocenters. The standard InChI is InChI=1S/C23H21F7O4/c1-2-3-14-12-32-21(33-13-14)15-4-6-17(18(24)10-15)23(29,30)34-16-5-7-20(19(25)11-16)31-9-8-22(26,27)28/h4-11,14,21H,2-3,12-13H2,1H3/b9-8+. The summed E-state index contributed by atoms with van der Waals surface area (Å²) in [5, 5.41) is 0. The molecule has 0 aromatic heterocycles. The fourth-order valence-corrected chi connectivity index (χ4v) is 3.25. The zero-order valence-corrected chi connectivity index (χ0v) is 17.9. The van der Waals surface area contributed by atoms with E-state index in [0.29, 0.717) is 19.3 Å². The molecule has 0 radical (unpaired) electrons. The quantitative estimate of drug-likeness (QED) is 0.292. The minimum absolute atomic E-state index is 0.203.